The van der Waals surface area contributed by atoms with Gasteiger partial charge in [-0.3, -0.25) is 0 Å². The van der Waals surface area contributed by atoms with Gasteiger partial charge in [0.2, 0.25) is 0 Å². The van der Waals surface area contributed by atoms with Gasteiger partial charge in [-0.05, 0) is 87.8 Å². The molecule has 0 N–H and O–H groups in total. The van der Waals surface area contributed by atoms with Crippen LogP contribution in [0.1, 0.15) is 51.3 Å². The Bertz CT molecular complexity index is 3760. The van der Waals surface area contributed by atoms with Crippen LogP contribution < -0.4 is 19.6 Å². The fraction of sp³-hybridized carbons (Fsp3) is 0.103. The zero-order chi connectivity index (χ0) is 50.6. The SMILES string of the molecule is [C-]#[N+]c1ccc(-c2cc(N3[CH-]N(c4cccc(C(C)(C)C)c4)c4ccccc43)[c-]c(N(c3[c-]c4c(cc3)-c3ccccc3-c3ccccc3N4c3cc(C(C)(C)c4ccccc4)ccn3)c3ccccc3)c2)cc1.[Pt]. The number of rotatable bonds is 9. The van der Waals surface area contributed by atoms with Gasteiger partial charge in [0, 0.05) is 61.0 Å². The van der Waals surface area contributed by atoms with E-state index in [4.69, 9.17) is 11.6 Å². The maximum atomic E-state index is 7.74. The summed E-state index contributed by atoms with van der Waals surface area (Å²) in [6.07, 6.45) is 1.94. The summed E-state index contributed by atoms with van der Waals surface area (Å²) in [4.78, 5) is 18.0. The Morgan fingerprint density at radius 1 is 0.507 bits per heavy atom. The summed E-state index contributed by atoms with van der Waals surface area (Å²) in [5, 5.41) is 0. The molecule has 0 amide bonds. The number of pyridine rings is 1. The van der Waals surface area contributed by atoms with Crippen LogP contribution in [0.2, 0.25) is 0 Å². The summed E-state index contributed by atoms with van der Waals surface area (Å²) >= 11 is 0. The van der Waals surface area contributed by atoms with Crippen LogP contribution in [0.3, 0.4) is 0 Å². The van der Waals surface area contributed by atoms with Crippen molar-refractivity contribution in [2.45, 2.75) is 45.4 Å². The molecule has 0 radical (unpaired) electrons. The average molecular weight is 1150 g/mol. The van der Waals surface area contributed by atoms with Crippen molar-refractivity contribution < 1.29 is 21.1 Å². The van der Waals surface area contributed by atoms with Crippen molar-refractivity contribution >= 4 is 62.7 Å². The molecule has 0 saturated carbocycles. The van der Waals surface area contributed by atoms with Gasteiger partial charge in [-0.2, -0.15) is 6.07 Å². The fourth-order valence-electron chi connectivity index (χ4n) is 10.5. The Labute approximate surface area is 455 Å². The van der Waals surface area contributed by atoms with Gasteiger partial charge in [0.05, 0.1) is 12.3 Å². The van der Waals surface area contributed by atoms with Gasteiger partial charge in [0.15, 0.2) is 5.69 Å². The zero-order valence-electron chi connectivity index (χ0n) is 42.4. The van der Waals surface area contributed by atoms with Gasteiger partial charge < -0.3 is 19.6 Å². The molecule has 0 bridgehead atoms. The van der Waals surface area contributed by atoms with Crippen LogP contribution in [0.15, 0.2) is 225 Å². The minimum atomic E-state index is -0.304. The van der Waals surface area contributed by atoms with Gasteiger partial charge in [0.1, 0.15) is 5.82 Å². The Kier molecular flexibility index (Phi) is 12.8. The van der Waals surface area contributed by atoms with Crippen LogP contribution >= 0.6 is 0 Å². The molecule has 0 unspecified atom stereocenters. The molecule has 75 heavy (non-hydrogen) atoms. The molecule has 0 saturated heterocycles. The van der Waals surface area contributed by atoms with E-state index in [1.807, 2.05) is 30.5 Å². The van der Waals surface area contributed by atoms with E-state index < -0.39 is 0 Å². The second-order valence-electron chi connectivity index (χ2n) is 20.5. The van der Waals surface area contributed by atoms with Crippen molar-refractivity contribution in [3.8, 4) is 33.4 Å². The normalized spacial score (nSPS) is 12.6. The molecule has 10 aromatic rings. The predicted octanol–water partition coefficient (Wildman–Crippen LogP) is 18.5. The molecule has 0 spiro atoms. The van der Waals surface area contributed by atoms with Crippen molar-refractivity contribution in [2.24, 2.45) is 0 Å². The molecule has 0 atom stereocenters. The van der Waals surface area contributed by atoms with Crippen LogP contribution in [0.4, 0.5) is 62.7 Å². The van der Waals surface area contributed by atoms with Crippen molar-refractivity contribution in [3.05, 3.63) is 271 Å². The molecule has 3 heterocycles. The molecule has 0 aliphatic carbocycles. The first kappa shape index (κ1) is 48.8. The zero-order valence-corrected chi connectivity index (χ0v) is 44.7. The third-order valence-corrected chi connectivity index (χ3v) is 14.5. The van der Waals surface area contributed by atoms with Gasteiger partial charge in [-0.1, -0.05) is 197 Å². The molecule has 2 aliphatic rings. The molecule has 368 valence electrons. The molecule has 9 aromatic carbocycles. The number of nitrogens with zero attached hydrogens (tertiary/aromatic N) is 6. The van der Waals surface area contributed by atoms with Crippen molar-refractivity contribution in [1.82, 2.24) is 4.98 Å². The standard InChI is InChI=1S/C68H53N6.Pt/c1-67(2,3)50-22-19-25-54(42-50)71-46-72(64-31-18-17-30-63(64)71)56-40-48(47-32-34-52(69-6)35-33-47)41-57(44-56)73(53-23-11-8-12-24-53)55-36-37-61-59-27-14-13-26-58(59)60-28-15-16-29-62(60)74(65(61)45-55)66-43-51(38-39-70-66)68(4,5)49-20-9-7-10-21-49;/h7-43,46H,1-5H3;/q-3;. The second-order valence-corrected chi connectivity index (χ2v) is 20.5. The third-order valence-electron chi connectivity index (χ3n) is 14.5. The van der Waals surface area contributed by atoms with E-state index >= 15 is 0 Å². The molecule has 6 nitrogen and oxygen atoms in total. The first-order chi connectivity index (χ1) is 36.0. The first-order valence-electron chi connectivity index (χ1n) is 25.1. The van der Waals surface area contributed by atoms with E-state index in [0.29, 0.717) is 5.69 Å². The number of para-hydroxylation sites is 4. The summed E-state index contributed by atoms with van der Waals surface area (Å²) in [5.74, 6) is 0.798. The van der Waals surface area contributed by atoms with Gasteiger partial charge >= 0.3 is 0 Å². The van der Waals surface area contributed by atoms with Crippen LogP contribution in [-0.4, -0.2) is 4.98 Å². The van der Waals surface area contributed by atoms with E-state index in [1.54, 1.807) is 0 Å². The molecule has 2 aliphatic heterocycles. The molecule has 0 fully saturated rings. The van der Waals surface area contributed by atoms with Gasteiger partial charge in [-0.15, -0.1) is 53.8 Å². The minimum Gasteiger partial charge on any atom is -0.493 e. The van der Waals surface area contributed by atoms with Crippen molar-refractivity contribution in [1.29, 1.82) is 0 Å². The maximum absolute atomic E-state index is 7.74. The van der Waals surface area contributed by atoms with Crippen LogP contribution in [-0.2, 0) is 31.9 Å². The summed E-state index contributed by atoms with van der Waals surface area (Å²) in [7, 11) is 0. The number of fused-ring (bicyclic) bond motifs is 6. The molecular weight excluding hydrogens is 1100 g/mol. The Morgan fingerprint density at radius 2 is 1.13 bits per heavy atom. The van der Waals surface area contributed by atoms with E-state index in [-0.39, 0.29) is 31.9 Å². The van der Waals surface area contributed by atoms with E-state index in [2.05, 4.69) is 272 Å². The predicted molar refractivity (Wildman–Crippen MR) is 306 cm³/mol. The molecule has 1 aromatic heterocycles. The molecule has 7 heteroatoms. The van der Waals surface area contributed by atoms with Crippen molar-refractivity contribution in [2.75, 3.05) is 19.6 Å². The number of aromatic nitrogens is 1. The first-order valence-corrected chi connectivity index (χ1v) is 25.1. The number of anilines is 10. The third kappa shape index (κ3) is 8.98. The molecule has 12 rings (SSSR count). The van der Waals surface area contributed by atoms with Crippen LogP contribution in [0, 0.1) is 25.4 Å². The largest absolute Gasteiger partial charge is 0.493 e. The van der Waals surface area contributed by atoms with Crippen molar-refractivity contribution in [3.63, 3.8) is 0 Å². The average Bonchev–Trinajstić information content (AvgIpc) is 3.78. The fourth-order valence-corrected chi connectivity index (χ4v) is 10.5. The topological polar surface area (TPSA) is 30.2 Å². The Morgan fingerprint density at radius 3 is 1.84 bits per heavy atom. The monoisotopic (exact) mass is 1150 g/mol. The van der Waals surface area contributed by atoms with Crippen LogP contribution in [0.5, 0.6) is 0 Å². The quantitative estimate of drug-likeness (QED) is 0.134. The second kappa shape index (κ2) is 19.7. The van der Waals surface area contributed by atoms with E-state index in [0.717, 1.165) is 95.9 Å². The number of hydrogen-bond donors (Lipinski definition) is 0. The summed E-state index contributed by atoms with van der Waals surface area (Å²) in [6.45, 7) is 21.2. The van der Waals surface area contributed by atoms with E-state index in [9.17, 15) is 0 Å². The number of hydrogen-bond acceptors (Lipinski definition) is 5. The summed E-state index contributed by atoms with van der Waals surface area (Å²) in [6, 6.07) is 85.0. The van der Waals surface area contributed by atoms with Crippen LogP contribution in [0.25, 0.3) is 38.2 Å². The minimum absolute atomic E-state index is 0. The van der Waals surface area contributed by atoms with Gasteiger partial charge in [-0.25, -0.2) is 9.83 Å². The number of benzene rings is 9. The van der Waals surface area contributed by atoms with Gasteiger partial charge in [0.25, 0.3) is 0 Å². The smallest absolute Gasteiger partial charge is 0.187 e. The Hall–Kier alpha value is -8.49. The Balaban J connectivity index is 0.00000602. The maximum Gasteiger partial charge on any atom is 0.187 e. The van der Waals surface area contributed by atoms with E-state index in [1.165, 1.54) is 11.1 Å². The molecular formula is C68H53N6Pt-3. The summed E-state index contributed by atoms with van der Waals surface area (Å²) in [5.41, 5.74) is 18.8. The summed E-state index contributed by atoms with van der Waals surface area (Å²) < 4.78 is 0.